The molecule has 1 heterocycles. The Bertz CT molecular complexity index is 448. The zero-order valence-corrected chi connectivity index (χ0v) is 11.4. The number of carbonyl (C=O) groups is 1. The zero-order chi connectivity index (χ0) is 13.7. The first-order valence-corrected chi connectivity index (χ1v) is 6.57. The van der Waals surface area contributed by atoms with Gasteiger partial charge in [-0.1, -0.05) is 6.07 Å². The van der Waals surface area contributed by atoms with E-state index in [4.69, 9.17) is 9.47 Å². The van der Waals surface area contributed by atoms with Gasteiger partial charge in [0.15, 0.2) is 5.75 Å². The van der Waals surface area contributed by atoms with E-state index in [0.717, 1.165) is 12.2 Å². The summed E-state index contributed by atoms with van der Waals surface area (Å²) < 4.78 is 10.9. The molecule has 0 saturated heterocycles. The van der Waals surface area contributed by atoms with Crippen molar-refractivity contribution >= 4 is 11.6 Å². The monoisotopic (exact) mass is 264 g/mol. The largest absolute Gasteiger partial charge is 0.489 e. The molecule has 5 heteroatoms. The van der Waals surface area contributed by atoms with Crippen LogP contribution in [-0.2, 0) is 4.74 Å². The standard InChI is InChI=1S/C14H20N2O3/c1-3-18-10-8-16(2)14(17)11-5-4-6-12-13(11)19-9-7-15-12/h4-6,15H,3,7-10H2,1-2H3. The Kier molecular flexibility index (Phi) is 4.63. The number of nitrogens with zero attached hydrogens (tertiary/aromatic N) is 1. The van der Waals surface area contributed by atoms with E-state index in [1.165, 1.54) is 0 Å². The van der Waals surface area contributed by atoms with Gasteiger partial charge in [-0.3, -0.25) is 4.79 Å². The predicted molar refractivity (Wildman–Crippen MR) is 73.9 cm³/mol. The number of nitrogens with one attached hydrogen (secondary N) is 1. The third-order valence-electron chi connectivity index (χ3n) is 3.03. The molecule has 0 fully saturated rings. The van der Waals surface area contributed by atoms with Crippen molar-refractivity contribution < 1.29 is 14.3 Å². The van der Waals surface area contributed by atoms with Gasteiger partial charge in [0.25, 0.3) is 5.91 Å². The van der Waals surface area contributed by atoms with Crippen molar-refractivity contribution in [1.29, 1.82) is 0 Å². The third-order valence-corrected chi connectivity index (χ3v) is 3.03. The Morgan fingerprint density at radius 2 is 2.37 bits per heavy atom. The highest BCUT2D eigenvalue weighted by molar-refractivity contribution is 5.98. The molecule has 0 unspecified atom stereocenters. The van der Waals surface area contributed by atoms with E-state index in [9.17, 15) is 4.79 Å². The highest BCUT2D eigenvalue weighted by atomic mass is 16.5. The number of fused-ring (bicyclic) bond motifs is 1. The number of para-hydroxylation sites is 1. The van der Waals surface area contributed by atoms with E-state index in [-0.39, 0.29) is 5.91 Å². The minimum atomic E-state index is -0.0414. The van der Waals surface area contributed by atoms with E-state index in [1.807, 2.05) is 19.1 Å². The fourth-order valence-electron chi connectivity index (χ4n) is 1.99. The van der Waals surface area contributed by atoms with Crippen molar-refractivity contribution in [2.75, 3.05) is 45.3 Å². The SMILES string of the molecule is CCOCCN(C)C(=O)c1cccc2c1OCCN2. The number of likely N-dealkylation sites (N-methyl/N-ethyl adjacent to an activating group) is 1. The second kappa shape index (κ2) is 6.43. The molecule has 0 aromatic heterocycles. The Morgan fingerprint density at radius 1 is 1.53 bits per heavy atom. The topological polar surface area (TPSA) is 50.8 Å². The number of carbonyl (C=O) groups excluding carboxylic acids is 1. The number of amides is 1. The van der Waals surface area contributed by atoms with Gasteiger partial charge in [-0.15, -0.1) is 0 Å². The molecular weight excluding hydrogens is 244 g/mol. The summed E-state index contributed by atoms with van der Waals surface area (Å²) in [6.07, 6.45) is 0. The van der Waals surface area contributed by atoms with Crippen molar-refractivity contribution in [2.24, 2.45) is 0 Å². The average molecular weight is 264 g/mol. The molecule has 1 aromatic carbocycles. The van der Waals surface area contributed by atoms with E-state index in [2.05, 4.69) is 5.32 Å². The Labute approximate surface area is 113 Å². The fraction of sp³-hybridized carbons (Fsp3) is 0.500. The number of hydrogen-bond donors (Lipinski definition) is 1. The van der Waals surface area contributed by atoms with Crippen LogP contribution >= 0.6 is 0 Å². The first-order chi connectivity index (χ1) is 9.24. The van der Waals surface area contributed by atoms with Crippen LogP contribution < -0.4 is 10.1 Å². The molecular formula is C14H20N2O3. The summed E-state index contributed by atoms with van der Waals surface area (Å²) in [6.45, 7) is 5.08. The summed E-state index contributed by atoms with van der Waals surface area (Å²) in [5.41, 5.74) is 1.49. The molecule has 1 aliphatic rings. The van der Waals surface area contributed by atoms with Crippen LogP contribution in [0, 0.1) is 0 Å². The molecule has 0 radical (unpaired) electrons. The van der Waals surface area contributed by atoms with Crippen LogP contribution in [0.3, 0.4) is 0 Å². The molecule has 1 aromatic rings. The number of benzene rings is 1. The number of hydrogen-bond acceptors (Lipinski definition) is 4. The zero-order valence-electron chi connectivity index (χ0n) is 11.4. The van der Waals surface area contributed by atoms with Crippen LogP contribution in [-0.4, -0.2) is 50.8 Å². The first kappa shape index (κ1) is 13.7. The van der Waals surface area contributed by atoms with Gasteiger partial charge in [-0.25, -0.2) is 0 Å². The van der Waals surface area contributed by atoms with Crippen molar-refractivity contribution in [1.82, 2.24) is 4.90 Å². The first-order valence-electron chi connectivity index (χ1n) is 6.57. The molecule has 1 N–H and O–H groups in total. The summed E-state index contributed by atoms with van der Waals surface area (Å²) >= 11 is 0. The average Bonchev–Trinajstić information content (AvgIpc) is 2.46. The smallest absolute Gasteiger partial charge is 0.257 e. The minimum absolute atomic E-state index is 0.0414. The summed E-state index contributed by atoms with van der Waals surface area (Å²) in [5, 5.41) is 3.23. The third kappa shape index (κ3) is 3.17. The van der Waals surface area contributed by atoms with E-state index in [0.29, 0.717) is 37.7 Å². The highest BCUT2D eigenvalue weighted by Crippen LogP contribution is 2.31. The van der Waals surface area contributed by atoms with Gasteiger partial charge in [-0.05, 0) is 19.1 Å². The quantitative estimate of drug-likeness (QED) is 0.821. The van der Waals surface area contributed by atoms with Crippen LogP contribution in [0.2, 0.25) is 0 Å². The molecule has 2 rings (SSSR count). The highest BCUT2D eigenvalue weighted by Gasteiger charge is 2.21. The molecule has 1 aliphatic heterocycles. The van der Waals surface area contributed by atoms with Crippen LogP contribution in [0.4, 0.5) is 5.69 Å². The molecule has 5 nitrogen and oxygen atoms in total. The minimum Gasteiger partial charge on any atom is -0.489 e. The van der Waals surface area contributed by atoms with Crippen molar-refractivity contribution in [3.8, 4) is 5.75 Å². The summed E-state index contributed by atoms with van der Waals surface area (Å²) in [5.74, 6) is 0.613. The lowest BCUT2D eigenvalue weighted by Crippen LogP contribution is -2.31. The summed E-state index contributed by atoms with van der Waals surface area (Å²) in [7, 11) is 1.77. The van der Waals surface area contributed by atoms with Crippen molar-refractivity contribution in [3.63, 3.8) is 0 Å². The van der Waals surface area contributed by atoms with Crippen LogP contribution in [0.5, 0.6) is 5.75 Å². The second-order valence-corrected chi connectivity index (χ2v) is 4.38. The molecule has 104 valence electrons. The van der Waals surface area contributed by atoms with Gasteiger partial charge in [0.05, 0.1) is 17.9 Å². The normalized spacial score (nSPS) is 13.2. The second-order valence-electron chi connectivity index (χ2n) is 4.38. The lowest BCUT2D eigenvalue weighted by Gasteiger charge is -2.23. The van der Waals surface area contributed by atoms with Crippen molar-refractivity contribution in [2.45, 2.75) is 6.92 Å². The van der Waals surface area contributed by atoms with Gasteiger partial charge in [-0.2, -0.15) is 0 Å². The van der Waals surface area contributed by atoms with Crippen LogP contribution in [0.15, 0.2) is 18.2 Å². The van der Waals surface area contributed by atoms with Gasteiger partial charge >= 0.3 is 0 Å². The molecule has 0 aliphatic carbocycles. The van der Waals surface area contributed by atoms with Gasteiger partial charge in [0, 0.05) is 26.7 Å². The van der Waals surface area contributed by atoms with Crippen molar-refractivity contribution in [3.05, 3.63) is 23.8 Å². The maximum Gasteiger partial charge on any atom is 0.257 e. The van der Waals surface area contributed by atoms with E-state index < -0.39 is 0 Å². The molecule has 0 atom stereocenters. The summed E-state index contributed by atoms with van der Waals surface area (Å²) in [6, 6.07) is 5.58. The van der Waals surface area contributed by atoms with Crippen LogP contribution in [0.25, 0.3) is 0 Å². The lowest BCUT2D eigenvalue weighted by molar-refractivity contribution is 0.0706. The number of rotatable bonds is 5. The molecule has 0 spiro atoms. The van der Waals surface area contributed by atoms with Gasteiger partial charge in [0.2, 0.25) is 0 Å². The van der Waals surface area contributed by atoms with Gasteiger partial charge in [0.1, 0.15) is 6.61 Å². The predicted octanol–water partition coefficient (Wildman–Crippen LogP) is 1.60. The number of anilines is 1. The molecule has 0 bridgehead atoms. The fourth-order valence-corrected chi connectivity index (χ4v) is 1.99. The lowest BCUT2D eigenvalue weighted by atomic mass is 10.1. The van der Waals surface area contributed by atoms with Gasteiger partial charge < -0.3 is 19.7 Å². The maximum absolute atomic E-state index is 12.4. The molecule has 19 heavy (non-hydrogen) atoms. The Morgan fingerprint density at radius 3 is 3.16 bits per heavy atom. The molecule has 0 saturated carbocycles. The molecule has 1 amide bonds. The van der Waals surface area contributed by atoms with E-state index in [1.54, 1.807) is 18.0 Å². The van der Waals surface area contributed by atoms with E-state index >= 15 is 0 Å². The maximum atomic E-state index is 12.4. The Hall–Kier alpha value is -1.75. The number of ether oxygens (including phenoxy) is 2. The summed E-state index contributed by atoms with van der Waals surface area (Å²) in [4.78, 5) is 14.0. The Balaban J connectivity index is 2.10. The van der Waals surface area contributed by atoms with Crippen LogP contribution in [0.1, 0.15) is 17.3 Å².